The van der Waals surface area contributed by atoms with Gasteiger partial charge in [0.2, 0.25) is 0 Å². The Hall–Kier alpha value is -1.74. The van der Waals surface area contributed by atoms with Crippen LogP contribution in [0.25, 0.3) is 0 Å². The van der Waals surface area contributed by atoms with Crippen LogP contribution in [0.4, 0.5) is 0 Å². The molecule has 2 nitrogen and oxygen atoms in total. The first-order chi connectivity index (χ1) is 11.7. The molecule has 0 heterocycles. The second kappa shape index (κ2) is 10.2. The molecule has 128 valence electrons. The van der Waals surface area contributed by atoms with Crippen molar-refractivity contribution in [1.82, 2.24) is 0 Å². The number of ether oxygens (including phenoxy) is 1. The van der Waals surface area contributed by atoms with Crippen molar-refractivity contribution in [2.45, 2.75) is 56.4 Å². The Kier molecular flexibility index (Phi) is 7.90. The van der Waals surface area contributed by atoms with Crippen LogP contribution in [0.3, 0.4) is 0 Å². The minimum absolute atomic E-state index is 0.243. The Morgan fingerprint density at radius 3 is 2.33 bits per heavy atom. The summed E-state index contributed by atoms with van der Waals surface area (Å²) < 4.78 is 5.82. The Balaban J connectivity index is 2.05. The highest BCUT2D eigenvalue weighted by atomic mass is 32.1. The van der Waals surface area contributed by atoms with E-state index in [1.54, 1.807) is 12.1 Å². The summed E-state index contributed by atoms with van der Waals surface area (Å²) in [5.41, 5.74) is 1.57. The van der Waals surface area contributed by atoms with E-state index in [2.05, 4.69) is 19.6 Å². The van der Waals surface area contributed by atoms with Crippen LogP contribution in [-0.4, -0.2) is 5.97 Å². The molecular weight excluding hydrogens is 316 g/mol. The third-order valence-electron chi connectivity index (χ3n) is 4.11. The topological polar surface area (TPSA) is 26.3 Å². The van der Waals surface area contributed by atoms with E-state index in [0.717, 1.165) is 23.3 Å². The SMILES string of the molecule is CCCCCCCC(OC(=O)c1ccccc1)c1ccccc1S. The molecule has 0 N–H and O–H groups in total. The Bertz CT molecular complexity index is 625. The van der Waals surface area contributed by atoms with Gasteiger partial charge in [-0.2, -0.15) is 0 Å². The molecule has 2 aromatic rings. The molecule has 0 bridgehead atoms. The standard InChI is InChI=1S/C21H26O2S/c1-2-3-4-5-9-15-19(18-14-10-11-16-20(18)24)23-21(22)17-12-7-6-8-13-17/h6-8,10-14,16,19,24H,2-5,9,15H2,1H3. The van der Waals surface area contributed by atoms with Crippen LogP contribution >= 0.6 is 12.6 Å². The number of carbonyl (C=O) groups is 1. The minimum atomic E-state index is -0.272. The van der Waals surface area contributed by atoms with E-state index in [9.17, 15) is 4.79 Å². The summed E-state index contributed by atoms with van der Waals surface area (Å²) in [5, 5.41) is 0. The lowest BCUT2D eigenvalue weighted by atomic mass is 10.0. The van der Waals surface area contributed by atoms with E-state index < -0.39 is 0 Å². The maximum Gasteiger partial charge on any atom is 0.338 e. The van der Waals surface area contributed by atoms with Gasteiger partial charge < -0.3 is 4.74 Å². The van der Waals surface area contributed by atoms with Crippen LogP contribution in [0, 0.1) is 0 Å². The van der Waals surface area contributed by atoms with Crippen LogP contribution in [0.2, 0.25) is 0 Å². The predicted molar refractivity (Wildman–Crippen MR) is 102 cm³/mol. The van der Waals surface area contributed by atoms with Crippen molar-refractivity contribution < 1.29 is 9.53 Å². The number of unbranched alkanes of at least 4 members (excludes halogenated alkanes) is 4. The quantitative estimate of drug-likeness (QED) is 0.332. The van der Waals surface area contributed by atoms with E-state index in [4.69, 9.17) is 4.74 Å². The first-order valence-electron chi connectivity index (χ1n) is 8.76. The van der Waals surface area contributed by atoms with Crippen molar-refractivity contribution in [2.75, 3.05) is 0 Å². The predicted octanol–water partition coefficient (Wildman–Crippen LogP) is 6.23. The van der Waals surface area contributed by atoms with E-state index in [0.29, 0.717) is 5.56 Å². The fraction of sp³-hybridized carbons (Fsp3) is 0.381. The molecule has 0 spiro atoms. The maximum atomic E-state index is 12.4. The van der Waals surface area contributed by atoms with Crippen molar-refractivity contribution in [3.05, 3.63) is 65.7 Å². The summed E-state index contributed by atoms with van der Waals surface area (Å²) in [5.74, 6) is -0.272. The number of carbonyl (C=O) groups excluding carboxylic acids is 1. The van der Waals surface area contributed by atoms with Crippen molar-refractivity contribution >= 4 is 18.6 Å². The van der Waals surface area contributed by atoms with Gasteiger partial charge in [0, 0.05) is 10.5 Å². The molecule has 1 unspecified atom stereocenters. The fourth-order valence-corrected chi connectivity index (χ4v) is 3.05. The highest BCUT2D eigenvalue weighted by molar-refractivity contribution is 7.80. The van der Waals surface area contributed by atoms with Crippen LogP contribution in [0.5, 0.6) is 0 Å². The smallest absolute Gasteiger partial charge is 0.338 e. The van der Waals surface area contributed by atoms with Gasteiger partial charge in [-0.05, 0) is 31.0 Å². The number of esters is 1. The van der Waals surface area contributed by atoms with Gasteiger partial charge in [-0.3, -0.25) is 0 Å². The van der Waals surface area contributed by atoms with Gasteiger partial charge in [0.1, 0.15) is 6.10 Å². The van der Waals surface area contributed by atoms with Gasteiger partial charge in [0.05, 0.1) is 5.56 Å². The summed E-state index contributed by atoms with van der Waals surface area (Å²) in [6, 6.07) is 17.0. The molecule has 1 atom stereocenters. The Morgan fingerprint density at radius 2 is 1.62 bits per heavy atom. The molecule has 0 radical (unpaired) electrons. The van der Waals surface area contributed by atoms with Crippen LogP contribution in [-0.2, 0) is 4.74 Å². The molecule has 0 saturated carbocycles. The molecule has 0 amide bonds. The minimum Gasteiger partial charge on any atom is -0.454 e. The zero-order valence-corrected chi connectivity index (χ0v) is 15.2. The second-order valence-corrected chi connectivity index (χ2v) is 6.50. The zero-order chi connectivity index (χ0) is 17.2. The lowest BCUT2D eigenvalue weighted by Crippen LogP contribution is -2.12. The molecule has 3 heteroatoms. The molecular formula is C21H26O2S. The van der Waals surface area contributed by atoms with E-state index in [-0.39, 0.29) is 12.1 Å². The maximum absolute atomic E-state index is 12.4. The molecule has 2 rings (SSSR count). The number of hydrogen-bond acceptors (Lipinski definition) is 3. The number of benzene rings is 2. The molecule has 0 saturated heterocycles. The summed E-state index contributed by atoms with van der Waals surface area (Å²) in [7, 11) is 0. The third-order valence-corrected chi connectivity index (χ3v) is 4.52. The van der Waals surface area contributed by atoms with Crippen LogP contribution in [0.1, 0.15) is 67.5 Å². The summed E-state index contributed by atoms with van der Waals surface area (Å²) in [4.78, 5) is 13.3. The van der Waals surface area contributed by atoms with Gasteiger partial charge in [-0.25, -0.2) is 4.79 Å². The molecule has 0 aliphatic rings. The van der Waals surface area contributed by atoms with Crippen molar-refractivity contribution in [3.63, 3.8) is 0 Å². The molecule has 0 fully saturated rings. The fourth-order valence-electron chi connectivity index (χ4n) is 2.74. The van der Waals surface area contributed by atoms with Gasteiger partial charge >= 0.3 is 5.97 Å². The first-order valence-corrected chi connectivity index (χ1v) is 9.21. The molecule has 0 aliphatic carbocycles. The van der Waals surface area contributed by atoms with Gasteiger partial charge in [-0.1, -0.05) is 69.0 Å². The van der Waals surface area contributed by atoms with Gasteiger partial charge in [0.25, 0.3) is 0 Å². The largest absolute Gasteiger partial charge is 0.454 e. The molecule has 0 aliphatic heterocycles. The Morgan fingerprint density at radius 1 is 0.958 bits per heavy atom. The van der Waals surface area contributed by atoms with Crippen molar-refractivity contribution in [1.29, 1.82) is 0 Å². The third kappa shape index (κ3) is 5.72. The number of rotatable bonds is 9. The lowest BCUT2D eigenvalue weighted by molar-refractivity contribution is 0.0264. The second-order valence-electron chi connectivity index (χ2n) is 6.02. The van der Waals surface area contributed by atoms with Crippen molar-refractivity contribution in [2.24, 2.45) is 0 Å². The molecule has 0 aromatic heterocycles. The average molecular weight is 343 g/mol. The number of hydrogen-bond donors (Lipinski definition) is 1. The van der Waals surface area contributed by atoms with Crippen LogP contribution < -0.4 is 0 Å². The van der Waals surface area contributed by atoms with Crippen molar-refractivity contribution in [3.8, 4) is 0 Å². The monoisotopic (exact) mass is 342 g/mol. The lowest BCUT2D eigenvalue weighted by Gasteiger charge is -2.20. The average Bonchev–Trinajstić information content (AvgIpc) is 2.62. The highest BCUT2D eigenvalue weighted by Crippen LogP contribution is 2.30. The van der Waals surface area contributed by atoms with Gasteiger partial charge in [-0.15, -0.1) is 12.6 Å². The first kappa shape index (κ1) is 18.6. The molecule has 2 aromatic carbocycles. The summed E-state index contributed by atoms with van der Waals surface area (Å²) >= 11 is 4.53. The zero-order valence-electron chi connectivity index (χ0n) is 14.3. The highest BCUT2D eigenvalue weighted by Gasteiger charge is 2.19. The summed E-state index contributed by atoms with van der Waals surface area (Å²) in [6.45, 7) is 2.21. The van der Waals surface area contributed by atoms with Crippen LogP contribution in [0.15, 0.2) is 59.5 Å². The normalized spacial score (nSPS) is 11.9. The molecule has 24 heavy (non-hydrogen) atoms. The Labute approximate surface area is 150 Å². The van der Waals surface area contributed by atoms with E-state index in [1.165, 1.54) is 25.7 Å². The van der Waals surface area contributed by atoms with E-state index >= 15 is 0 Å². The van der Waals surface area contributed by atoms with Gasteiger partial charge in [0.15, 0.2) is 0 Å². The van der Waals surface area contributed by atoms with E-state index in [1.807, 2.05) is 42.5 Å². The summed E-state index contributed by atoms with van der Waals surface area (Å²) in [6.07, 6.45) is 6.53. The number of thiol groups is 1.